The molecule has 2 amide bonds. The number of nitrogens with zero attached hydrogens (tertiary/aromatic N) is 4. The van der Waals surface area contributed by atoms with Crippen LogP contribution in [0, 0.1) is 23.6 Å². The summed E-state index contributed by atoms with van der Waals surface area (Å²) in [6.45, 7) is 16.3. The Kier molecular flexibility index (Phi) is 12.7. The number of nitrogens with one attached hydrogen (secondary N) is 1. The van der Waals surface area contributed by atoms with E-state index in [-0.39, 0.29) is 48.1 Å². The molecule has 13 heteroatoms. The number of alkyl carbamates (subject to hydrolysis) is 1. The van der Waals surface area contributed by atoms with Gasteiger partial charge >= 0.3 is 12.2 Å². The number of carbonyl (C=O) groups is 2. The Balaban J connectivity index is 0.990. The molecule has 53 heavy (non-hydrogen) atoms. The van der Waals surface area contributed by atoms with E-state index in [1.165, 1.54) is 18.4 Å². The van der Waals surface area contributed by atoms with Crippen molar-refractivity contribution in [1.82, 2.24) is 24.9 Å². The standard InChI is InChI=1S/C40H64FN5O6S/c1-29(10-8-21-53(49,50)34-26-46(27-34)38(48)52-39(2,3)4)45-24-30(25-45)23-43-19-15-31(16-20-43)40(28-44-17-9-18-44,32-11-6-12-33(41)22-32)35-13-7-14-36(35)42-37(47)51-5/h6,11-12,22,29-31,34-36H,7-10,13-21,23-28H2,1-5H3,(H,42,47)/t29?,35-,36-,40-/m0/s1. The van der Waals surface area contributed by atoms with Gasteiger partial charge in [-0.3, -0.25) is 4.90 Å². The molecule has 5 aliphatic rings. The van der Waals surface area contributed by atoms with Crippen molar-refractivity contribution in [1.29, 1.82) is 0 Å². The molecular weight excluding hydrogens is 698 g/mol. The molecule has 1 saturated carbocycles. The Morgan fingerprint density at radius 1 is 0.981 bits per heavy atom. The van der Waals surface area contributed by atoms with E-state index in [4.69, 9.17) is 9.47 Å². The second kappa shape index (κ2) is 16.7. The van der Waals surface area contributed by atoms with Crippen molar-refractivity contribution in [2.75, 3.05) is 78.3 Å². The van der Waals surface area contributed by atoms with Crippen LogP contribution in [0.4, 0.5) is 14.0 Å². The third-order valence-corrected chi connectivity index (χ3v) is 15.1. The van der Waals surface area contributed by atoms with Crippen LogP contribution >= 0.6 is 0 Å². The number of methoxy groups -OCH3 is 1. The number of rotatable bonds is 14. The summed E-state index contributed by atoms with van der Waals surface area (Å²) in [4.78, 5) is 33.8. The van der Waals surface area contributed by atoms with Crippen molar-refractivity contribution in [2.45, 2.75) is 107 Å². The summed E-state index contributed by atoms with van der Waals surface area (Å²) in [6, 6.07) is 7.64. The molecule has 4 saturated heterocycles. The average Bonchev–Trinajstić information content (AvgIpc) is 3.49. The lowest BCUT2D eigenvalue weighted by Gasteiger charge is -2.54. The van der Waals surface area contributed by atoms with E-state index in [1.54, 1.807) is 32.9 Å². The lowest BCUT2D eigenvalue weighted by Crippen LogP contribution is -2.60. The lowest BCUT2D eigenvalue weighted by atomic mass is 9.57. The molecule has 4 atom stereocenters. The van der Waals surface area contributed by atoms with E-state index in [1.807, 2.05) is 6.07 Å². The highest BCUT2D eigenvalue weighted by atomic mass is 32.2. The highest BCUT2D eigenvalue weighted by Crippen LogP contribution is 2.51. The van der Waals surface area contributed by atoms with Crippen LogP contribution in [0.2, 0.25) is 0 Å². The predicted octanol–water partition coefficient (Wildman–Crippen LogP) is 5.14. The molecule has 298 valence electrons. The molecule has 11 nitrogen and oxygen atoms in total. The zero-order chi connectivity index (χ0) is 38.0. The maximum Gasteiger partial charge on any atom is 0.410 e. The molecule has 1 unspecified atom stereocenters. The largest absolute Gasteiger partial charge is 0.453 e. The molecule has 0 spiro atoms. The molecule has 6 rings (SSSR count). The highest BCUT2D eigenvalue weighted by Gasteiger charge is 2.53. The van der Waals surface area contributed by atoms with Crippen molar-refractivity contribution in [3.8, 4) is 0 Å². The van der Waals surface area contributed by atoms with Gasteiger partial charge in [-0.2, -0.15) is 0 Å². The maximum absolute atomic E-state index is 15.0. The lowest BCUT2D eigenvalue weighted by molar-refractivity contribution is 0.00277. The minimum absolute atomic E-state index is 0.000752. The topological polar surface area (TPSA) is 112 Å². The second-order valence-electron chi connectivity index (χ2n) is 17.7. The normalized spacial score (nSPS) is 25.9. The zero-order valence-electron chi connectivity index (χ0n) is 32.7. The maximum atomic E-state index is 15.0. The molecule has 5 fully saturated rings. The minimum Gasteiger partial charge on any atom is -0.453 e. The van der Waals surface area contributed by atoms with Crippen molar-refractivity contribution < 1.29 is 31.9 Å². The van der Waals surface area contributed by atoms with Gasteiger partial charge in [0.2, 0.25) is 0 Å². The molecule has 4 heterocycles. The van der Waals surface area contributed by atoms with Crippen molar-refractivity contribution in [2.24, 2.45) is 17.8 Å². The van der Waals surface area contributed by atoms with E-state index in [0.29, 0.717) is 24.3 Å². The number of halogens is 1. The fraction of sp³-hybridized carbons (Fsp3) is 0.800. The van der Waals surface area contributed by atoms with E-state index in [9.17, 15) is 22.4 Å². The Morgan fingerprint density at radius 3 is 2.32 bits per heavy atom. The average molecular weight is 762 g/mol. The van der Waals surface area contributed by atoms with E-state index in [0.717, 1.165) is 96.4 Å². The molecule has 1 aliphatic carbocycles. The molecule has 1 aromatic carbocycles. The van der Waals surface area contributed by atoms with Gasteiger partial charge in [-0.15, -0.1) is 0 Å². The Morgan fingerprint density at radius 2 is 1.70 bits per heavy atom. The number of benzene rings is 1. The first-order valence-electron chi connectivity index (χ1n) is 20.2. The summed E-state index contributed by atoms with van der Waals surface area (Å²) in [5.41, 5.74) is 0.225. The number of amides is 2. The third kappa shape index (κ3) is 9.50. The number of hydrogen-bond donors (Lipinski definition) is 1. The molecule has 0 radical (unpaired) electrons. The van der Waals surface area contributed by atoms with Gasteiger partial charge in [0.1, 0.15) is 11.4 Å². The third-order valence-electron chi connectivity index (χ3n) is 13.0. The van der Waals surface area contributed by atoms with Crippen LogP contribution in [0.1, 0.15) is 84.6 Å². The SMILES string of the molecule is COC(=O)N[C@H]1CCC[C@@H]1[C@](CN1CCC1)(c1cccc(F)c1)C1CCN(CC2CN(C(C)CCCS(=O)(=O)C3CN(C(=O)OC(C)(C)C)C3)C2)CC1. The summed E-state index contributed by atoms with van der Waals surface area (Å²) >= 11 is 0. The summed E-state index contributed by atoms with van der Waals surface area (Å²) in [5.74, 6) is 1.15. The van der Waals surface area contributed by atoms with Gasteiger partial charge < -0.3 is 29.5 Å². The van der Waals surface area contributed by atoms with E-state index < -0.39 is 26.8 Å². The molecule has 0 aromatic heterocycles. The van der Waals surface area contributed by atoms with Crippen LogP contribution in [0.3, 0.4) is 0 Å². The summed E-state index contributed by atoms with van der Waals surface area (Å²) < 4.78 is 51.3. The van der Waals surface area contributed by atoms with Crippen LogP contribution in [0.15, 0.2) is 24.3 Å². The summed E-state index contributed by atoms with van der Waals surface area (Å²) in [7, 11) is -1.83. The van der Waals surface area contributed by atoms with Gasteiger partial charge in [-0.05, 0) is 134 Å². The Labute approximate surface area is 317 Å². The number of sulfone groups is 1. The fourth-order valence-corrected chi connectivity index (χ4v) is 11.6. The molecule has 1 aromatic rings. The first-order valence-corrected chi connectivity index (χ1v) is 21.9. The second-order valence-corrected chi connectivity index (χ2v) is 20.1. The Hall–Kier alpha value is -2.48. The number of hydrogen-bond acceptors (Lipinski definition) is 9. The predicted molar refractivity (Wildman–Crippen MR) is 204 cm³/mol. The van der Waals surface area contributed by atoms with E-state index in [2.05, 4.69) is 33.0 Å². The van der Waals surface area contributed by atoms with Gasteiger partial charge in [-0.1, -0.05) is 18.6 Å². The van der Waals surface area contributed by atoms with Gasteiger partial charge in [-0.25, -0.2) is 22.4 Å². The number of ether oxygens (including phenoxy) is 2. The first-order chi connectivity index (χ1) is 25.2. The fourth-order valence-electron chi connectivity index (χ4n) is 9.89. The van der Waals surface area contributed by atoms with Crippen molar-refractivity contribution in [3.63, 3.8) is 0 Å². The molecule has 0 bridgehead atoms. The monoisotopic (exact) mass is 761 g/mol. The van der Waals surface area contributed by atoms with Gasteiger partial charge in [0.25, 0.3) is 0 Å². The van der Waals surface area contributed by atoms with Crippen LogP contribution in [-0.4, -0.2) is 141 Å². The molecule has 1 N–H and O–H groups in total. The van der Waals surface area contributed by atoms with Crippen LogP contribution < -0.4 is 5.32 Å². The van der Waals surface area contributed by atoms with Crippen molar-refractivity contribution in [3.05, 3.63) is 35.6 Å². The summed E-state index contributed by atoms with van der Waals surface area (Å²) in [6.07, 6.45) is 6.88. The zero-order valence-corrected chi connectivity index (χ0v) is 33.5. The van der Waals surface area contributed by atoms with Gasteiger partial charge in [0, 0.05) is 56.8 Å². The van der Waals surface area contributed by atoms with Gasteiger partial charge in [0.05, 0.1) is 18.1 Å². The van der Waals surface area contributed by atoms with E-state index >= 15 is 0 Å². The van der Waals surface area contributed by atoms with Crippen LogP contribution in [0.25, 0.3) is 0 Å². The highest BCUT2D eigenvalue weighted by molar-refractivity contribution is 7.92. The minimum atomic E-state index is -3.25. The smallest absolute Gasteiger partial charge is 0.410 e. The quantitative estimate of drug-likeness (QED) is 0.276. The van der Waals surface area contributed by atoms with Gasteiger partial charge in [0.15, 0.2) is 9.84 Å². The number of piperidine rings is 1. The van der Waals surface area contributed by atoms with Crippen LogP contribution in [-0.2, 0) is 24.7 Å². The van der Waals surface area contributed by atoms with Crippen molar-refractivity contribution >= 4 is 22.0 Å². The number of likely N-dealkylation sites (tertiary alicyclic amines) is 4. The Bertz CT molecular complexity index is 1520. The summed E-state index contributed by atoms with van der Waals surface area (Å²) in [5, 5.41) is 2.69. The first kappa shape index (κ1) is 40.2. The van der Waals surface area contributed by atoms with Crippen LogP contribution in [0.5, 0.6) is 0 Å². The molecule has 4 aliphatic heterocycles. The number of carbonyl (C=O) groups excluding carboxylic acids is 2. The molecular formula is C40H64FN5O6S.